The predicted molar refractivity (Wildman–Crippen MR) is 51.8 cm³/mol. The zero-order valence-electron chi connectivity index (χ0n) is 8.64. The number of halogens is 3. The van der Waals surface area contributed by atoms with E-state index in [4.69, 9.17) is 5.26 Å². The fourth-order valence-electron chi connectivity index (χ4n) is 1.36. The van der Waals surface area contributed by atoms with Gasteiger partial charge in [-0.1, -0.05) is 12.1 Å². The number of aryl methyl sites for hydroxylation is 1. The highest BCUT2D eigenvalue weighted by Gasteiger charge is 2.31. The largest absolute Gasteiger partial charge is 0.573 e. The van der Waals surface area contributed by atoms with Crippen LogP contribution in [0.5, 0.6) is 5.75 Å². The van der Waals surface area contributed by atoms with Gasteiger partial charge in [0.25, 0.3) is 0 Å². The van der Waals surface area contributed by atoms with Gasteiger partial charge < -0.3 is 4.74 Å². The zero-order chi connectivity index (χ0) is 12.2. The molecule has 0 bridgehead atoms. The van der Waals surface area contributed by atoms with Gasteiger partial charge in [0.05, 0.1) is 6.07 Å². The molecule has 86 valence electrons. The summed E-state index contributed by atoms with van der Waals surface area (Å²) in [6, 6.07) is 6.39. The van der Waals surface area contributed by atoms with Crippen molar-refractivity contribution in [1.82, 2.24) is 0 Å². The lowest BCUT2D eigenvalue weighted by Gasteiger charge is -2.13. The minimum Gasteiger partial charge on any atom is -0.406 e. The van der Waals surface area contributed by atoms with Crippen LogP contribution in [-0.4, -0.2) is 6.36 Å². The van der Waals surface area contributed by atoms with Crippen LogP contribution < -0.4 is 4.74 Å². The van der Waals surface area contributed by atoms with E-state index in [0.29, 0.717) is 17.5 Å². The van der Waals surface area contributed by atoms with Crippen LogP contribution in [0.15, 0.2) is 18.2 Å². The molecule has 1 aromatic rings. The third kappa shape index (κ3) is 3.46. The van der Waals surface area contributed by atoms with Crippen molar-refractivity contribution in [2.75, 3.05) is 0 Å². The summed E-state index contributed by atoms with van der Waals surface area (Å²) in [6.07, 6.45) is -3.98. The molecule has 0 radical (unpaired) electrons. The monoisotopic (exact) mass is 229 g/mol. The standard InChI is InChI=1S/C11H10F3NO/c1-8-9(5-3-7-15)4-2-6-10(8)16-11(12,13)14/h2,4,6H,3,5H2,1H3. The second-order valence-corrected chi connectivity index (χ2v) is 3.25. The molecule has 0 aliphatic rings. The van der Waals surface area contributed by atoms with Crippen LogP contribution in [0.25, 0.3) is 0 Å². The van der Waals surface area contributed by atoms with Crippen LogP contribution in [0, 0.1) is 18.3 Å². The first-order valence-electron chi connectivity index (χ1n) is 4.65. The van der Waals surface area contributed by atoms with E-state index in [-0.39, 0.29) is 12.2 Å². The number of hydrogen-bond donors (Lipinski definition) is 0. The Hall–Kier alpha value is -1.70. The summed E-state index contributed by atoms with van der Waals surface area (Å²) in [5, 5.41) is 8.41. The summed E-state index contributed by atoms with van der Waals surface area (Å²) in [7, 11) is 0. The molecule has 0 N–H and O–H groups in total. The van der Waals surface area contributed by atoms with Crippen molar-refractivity contribution in [3.63, 3.8) is 0 Å². The fourth-order valence-corrected chi connectivity index (χ4v) is 1.36. The predicted octanol–water partition coefficient (Wildman–Crippen LogP) is 3.35. The van der Waals surface area contributed by atoms with Crippen molar-refractivity contribution >= 4 is 0 Å². The Kier molecular flexibility index (Phi) is 3.78. The van der Waals surface area contributed by atoms with E-state index in [1.165, 1.54) is 12.1 Å². The van der Waals surface area contributed by atoms with Gasteiger partial charge >= 0.3 is 6.36 Å². The third-order valence-electron chi connectivity index (χ3n) is 2.13. The van der Waals surface area contributed by atoms with E-state index in [1.807, 2.05) is 6.07 Å². The van der Waals surface area contributed by atoms with Gasteiger partial charge in [-0.2, -0.15) is 5.26 Å². The topological polar surface area (TPSA) is 33.0 Å². The maximum Gasteiger partial charge on any atom is 0.573 e. The maximum absolute atomic E-state index is 12.0. The number of alkyl halides is 3. The van der Waals surface area contributed by atoms with Gasteiger partial charge in [-0.3, -0.25) is 0 Å². The molecule has 0 amide bonds. The van der Waals surface area contributed by atoms with E-state index in [0.717, 1.165) is 0 Å². The summed E-state index contributed by atoms with van der Waals surface area (Å²) >= 11 is 0. The van der Waals surface area contributed by atoms with E-state index >= 15 is 0 Å². The number of nitriles is 1. The minimum atomic E-state index is -4.68. The summed E-state index contributed by atoms with van der Waals surface area (Å²) in [6.45, 7) is 1.55. The summed E-state index contributed by atoms with van der Waals surface area (Å²) in [4.78, 5) is 0. The summed E-state index contributed by atoms with van der Waals surface area (Å²) in [5.74, 6) is -0.206. The Morgan fingerprint density at radius 1 is 1.38 bits per heavy atom. The average molecular weight is 229 g/mol. The molecule has 0 saturated heterocycles. The van der Waals surface area contributed by atoms with Gasteiger partial charge in [0.15, 0.2) is 0 Å². The fraction of sp³-hybridized carbons (Fsp3) is 0.364. The molecule has 0 atom stereocenters. The molecule has 2 nitrogen and oxygen atoms in total. The summed E-state index contributed by atoms with van der Waals surface area (Å²) in [5.41, 5.74) is 1.12. The molecular weight excluding hydrogens is 219 g/mol. The summed E-state index contributed by atoms with van der Waals surface area (Å²) < 4.78 is 40.0. The van der Waals surface area contributed by atoms with Gasteiger partial charge in [0, 0.05) is 6.42 Å². The van der Waals surface area contributed by atoms with Crippen LogP contribution in [-0.2, 0) is 6.42 Å². The molecule has 1 aromatic carbocycles. The second-order valence-electron chi connectivity index (χ2n) is 3.25. The molecule has 0 heterocycles. The van der Waals surface area contributed by atoms with Crippen LogP contribution in [0.3, 0.4) is 0 Å². The Morgan fingerprint density at radius 2 is 2.06 bits per heavy atom. The second kappa shape index (κ2) is 4.88. The lowest BCUT2D eigenvalue weighted by atomic mass is 10.0. The van der Waals surface area contributed by atoms with Crippen LogP contribution in [0.2, 0.25) is 0 Å². The quantitative estimate of drug-likeness (QED) is 0.796. The molecule has 0 spiro atoms. The van der Waals surface area contributed by atoms with Crippen molar-refractivity contribution in [3.8, 4) is 11.8 Å². The van der Waals surface area contributed by atoms with Crippen molar-refractivity contribution in [1.29, 1.82) is 5.26 Å². The maximum atomic E-state index is 12.0. The minimum absolute atomic E-state index is 0.206. The van der Waals surface area contributed by atoms with Gasteiger partial charge in [-0.05, 0) is 30.5 Å². The number of nitrogens with zero attached hydrogens (tertiary/aromatic N) is 1. The Morgan fingerprint density at radius 3 is 2.62 bits per heavy atom. The van der Waals surface area contributed by atoms with Crippen molar-refractivity contribution in [2.45, 2.75) is 26.1 Å². The number of benzene rings is 1. The van der Waals surface area contributed by atoms with E-state index in [1.54, 1.807) is 13.0 Å². The van der Waals surface area contributed by atoms with Gasteiger partial charge in [-0.25, -0.2) is 0 Å². The SMILES string of the molecule is Cc1c(CCC#N)cccc1OC(F)(F)F. The molecule has 0 aromatic heterocycles. The molecule has 5 heteroatoms. The highest BCUT2D eigenvalue weighted by Crippen LogP contribution is 2.28. The molecule has 16 heavy (non-hydrogen) atoms. The normalized spacial score (nSPS) is 10.9. The number of ether oxygens (including phenoxy) is 1. The smallest absolute Gasteiger partial charge is 0.406 e. The molecule has 0 aliphatic heterocycles. The first-order chi connectivity index (χ1) is 7.44. The van der Waals surface area contributed by atoms with Crippen molar-refractivity contribution in [2.24, 2.45) is 0 Å². The first kappa shape index (κ1) is 12.4. The van der Waals surface area contributed by atoms with Crippen LogP contribution in [0.4, 0.5) is 13.2 Å². The average Bonchev–Trinajstić information content (AvgIpc) is 2.17. The van der Waals surface area contributed by atoms with Gasteiger partial charge in [0.1, 0.15) is 5.75 Å². The lowest BCUT2D eigenvalue weighted by molar-refractivity contribution is -0.274. The highest BCUT2D eigenvalue weighted by atomic mass is 19.4. The molecule has 0 unspecified atom stereocenters. The van der Waals surface area contributed by atoms with E-state index in [2.05, 4.69) is 4.74 Å². The Balaban J connectivity index is 2.91. The van der Waals surface area contributed by atoms with Gasteiger partial charge in [0.2, 0.25) is 0 Å². The lowest BCUT2D eigenvalue weighted by Crippen LogP contribution is -2.18. The Bertz CT molecular complexity index is 407. The van der Waals surface area contributed by atoms with Crippen LogP contribution >= 0.6 is 0 Å². The molecular formula is C11H10F3NO. The van der Waals surface area contributed by atoms with E-state index in [9.17, 15) is 13.2 Å². The third-order valence-corrected chi connectivity index (χ3v) is 2.13. The van der Waals surface area contributed by atoms with Crippen LogP contribution in [0.1, 0.15) is 17.5 Å². The molecule has 0 aliphatic carbocycles. The Labute approximate surface area is 91.3 Å². The molecule has 0 saturated carbocycles. The number of hydrogen-bond acceptors (Lipinski definition) is 2. The zero-order valence-corrected chi connectivity index (χ0v) is 8.64. The first-order valence-corrected chi connectivity index (χ1v) is 4.65. The van der Waals surface area contributed by atoms with Crippen molar-refractivity contribution < 1.29 is 17.9 Å². The van der Waals surface area contributed by atoms with Crippen molar-refractivity contribution in [3.05, 3.63) is 29.3 Å². The number of rotatable bonds is 3. The molecule has 0 fully saturated rings. The van der Waals surface area contributed by atoms with E-state index < -0.39 is 6.36 Å². The molecule has 1 rings (SSSR count). The highest BCUT2D eigenvalue weighted by molar-refractivity contribution is 5.39. The van der Waals surface area contributed by atoms with Gasteiger partial charge in [-0.15, -0.1) is 13.2 Å².